The molecule has 3 aromatic rings. The maximum absolute atomic E-state index is 13.9. The number of aryl methyl sites for hydroxylation is 1. The van der Waals surface area contributed by atoms with E-state index in [1.165, 1.54) is 23.2 Å². The molecule has 4 atom stereocenters. The number of nitrogens with zero attached hydrogens (tertiary/aromatic N) is 3. The second-order valence-corrected chi connectivity index (χ2v) is 10.9. The van der Waals surface area contributed by atoms with Crippen molar-refractivity contribution in [2.45, 2.75) is 63.9 Å². The van der Waals surface area contributed by atoms with Gasteiger partial charge in [0.1, 0.15) is 11.9 Å². The van der Waals surface area contributed by atoms with Gasteiger partial charge in [-0.05, 0) is 68.0 Å². The highest BCUT2D eigenvalue weighted by Crippen LogP contribution is 2.33. The predicted octanol–water partition coefficient (Wildman–Crippen LogP) is 3.76. The average Bonchev–Trinajstić information content (AvgIpc) is 3.48. The number of aliphatic hydroxyl groups is 2. The standard InChI is InChI=1S/C29H31ClFN5O4/c1-15-7-19(9-20(31)8-15)25(14-37)34-27(39)16(2)36-13-18-4-3-17(10-23(18)28(36)40)26-24(30)12-32-29(35-26)33-21-5-6-22(38)11-21/h3-4,7-10,12,16,21-22,25,37-38H,5-6,11,13-14H2,1-2H3,(H,34,39)(H,32,33,35)/t16-,21?,22+,25-/m1/s1. The van der Waals surface area contributed by atoms with Gasteiger partial charge in [0.25, 0.3) is 5.91 Å². The highest BCUT2D eigenvalue weighted by molar-refractivity contribution is 6.33. The van der Waals surface area contributed by atoms with E-state index in [1.54, 1.807) is 26.0 Å². The Morgan fingerprint density at radius 2 is 2.05 bits per heavy atom. The number of benzene rings is 2. The lowest BCUT2D eigenvalue weighted by atomic mass is 10.0. The molecule has 0 spiro atoms. The van der Waals surface area contributed by atoms with Crippen LogP contribution < -0.4 is 10.6 Å². The summed E-state index contributed by atoms with van der Waals surface area (Å²) in [6.07, 6.45) is 3.33. The molecule has 2 heterocycles. The molecule has 11 heteroatoms. The molecule has 5 rings (SSSR count). The molecule has 2 aromatic carbocycles. The Labute approximate surface area is 236 Å². The van der Waals surface area contributed by atoms with Crippen LogP contribution in [0.4, 0.5) is 10.3 Å². The van der Waals surface area contributed by atoms with Crippen molar-refractivity contribution in [2.75, 3.05) is 11.9 Å². The molecule has 0 radical (unpaired) electrons. The average molecular weight is 568 g/mol. The van der Waals surface area contributed by atoms with Crippen molar-refractivity contribution in [1.82, 2.24) is 20.2 Å². The molecular weight excluding hydrogens is 537 g/mol. The Bertz CT molecular complexity index is 1430. The van der Waals surface area contributed by atoms with Crippen LogP contribution in [0.5, 0.6) is 0 Å². The molecule has 2 amide bonds. The Hall–Kier alpha value is -3.60. The highest BCUT2D eigenvalue weighted by atomic mass is 35.5. The summed E-state index contributed by atoms with van der Waals surface area (Å²) in [6, 6.07) is 8.11. The fourth-order valence-electron chi connectivity index (χ4n) is 5.33. The molecule has 1 saturated carbocycles. The number of nitrogens with one attached hydrogen (secondary N) is 2. The van der Waals surface area contributed by atoms with Crippen molar-refractivity contribution in [1.29, 1.82) is 0 Å². The van der Waals surface area contributed by atoms with E-state index in [1.807, 2.05) is 12.1 Å². The van der Waals surface area contributed by atoms with Gasteiger partial charge in [-0.25, -0.2) is 14.4 Å². The normalized spacial score (nSPS) is 19.9. The summed E-state index contributed by atoms with van der Waals surface area (Å²) in [6.45, 7) is 3.16. The molecule has 1 fully saturated rings. The number of halogens is 2. The van der Waals surface area contributed by atoms with Crippen LogP contribution in [0, 0.1) is 12.7 Å². The van der Waals surface area contributed by atoms with Crippen LogP contribution in [-0.2, 0) is 11.3 Å². The maximum Gasteiger partial charge on any atom is 0.255 e. The molecule has 2 aliphatic rings. The zero-order chi connectivity index (χ0) is 28.6. The Kier molecular flexibility index (Phi) is 8.02. The molecular formula is C29H31ClFN5O4. The molecule has 0 saturated heterocycles. The van der Waals surface area contributed by atoms with Crippen LogP contribution in [0.15, 0.2) is 42.6 Å². The molecule has 210 valence electrons. The number of carbonyl (C=O) groups excluding carboxylic acids is 2. The van der Waals surface area contributed by atoms with E-state index in [9.17, 15) is 24.2 Å². The zero-order valence-electron chi connectivity index (χ0n) is 22.2. The van der Waals surface area contributed by atoms with E-state index in [2.05, 4.69) is 20.6 Å². The summed E-state index contributed by atoms with van der Waals surface area (Å²) >= 11 is 6.43. The summed E-state index contributed by atoms with van der Waals surface area (Å²) in [5, 5.41) is 26.0. The quantitative estimate of drug-likeness (QED) is 0.326. The van der Waals surface area contributed by atoms with Crippen LogP contribution in [0.2, 0.25) is 5.02 Å². The number of anilines is 1. The van der Waals surface area contributed by atoms with Crippen molar-refractivity contribution >= 4 is 29.4 Å². The van der Waals surface area contributed by atoms with Crippen molar-refractivity contribution in [3.05, 3.63) is 75.7 Å². The summed E-state index contributed by atoms with van der Waals surface area (Å²) in [5.74, 6) is -0.844. The zero-order valence-corrected chi connectivity index (χ0v) is 23.0. The van der Waals surface area contributed by atoms with E-state index in [0.717, 1.165) is 18.4 Å². The number of hydrogen-bond donors (Lipinski definition) is 4. The first-order valence-electron chi connectivity index (χ1n) is 13.2. The maximum atomic E-state index is 13.9. The van der Waals surface area contributed by atoms with Crippen LogP contribution in [-0.4, -0.2) is 61.7 Å². The number of fused-ring (bicyclic) bond motifs is 1. The summed E-state index contributed by atoms with van der Waals surface area (Å²) in [7, 11) is 0. The van der Waals surface area contributed by atoms with Gasteiger partial charge in [-0.2, -0.15) is 0 Å². The third-order valence-electron chi connectivity index (χ3n) is 7.51. The lowest BCUT2D eigenvalue weighted by Gasteiger charge is -2.26. The van der Waals surface area contributed by atoms with Crippen molar-refractivity contribution in [2.24, 2.45) is 0 Å². The molecule has 1 aromatic heterocycles. The van der Waals surface area contributed by atoms with E-state index in [0.29, 0.717) is 45.3 Å². The summed E-state index contributed by atoms with van der Waals surface area (Å²) in [5.41, 5.74) is 3.42. The minimum atomic E-state index is -0.841. The number of aliphatic hydroxyl groups excluding tert-OH is 2. The second-order valence-electron chi connectivity index (χ2n) is 10.5. The largest absolute Gasteiger partial charge is 0.394 e. The van der Waals surface area contributed by atoms with Crippen LogP contribution in [0.3, 0.4) is 0 Å². The van der Waals surface area contributed by atoms with Crippen LogP contribution in [0.25, 0.3) is 11.3 Å². The number of carbonyl (C=O) groups is 2. The predicted molar refractivity (Wildman–Crippen MR) is 148 cm³/mol. The molecule has 0 bridgehead atoms. The molecule has 9 nitrogen and oxygen atoms in total. The highest BCUT2D eigenvalue weighted by Gasteiger charge is 2.35. The third kappa shape index (κ3) is 5.79. The smallest absolute Gasteiger partial charge is 0.255 e. The Morgan fingerprint density at radius 3 is 2.75 bits per heavy atom. The minimum absolute atomic E-state index is 0.0715. The molecule has 1 aliphatic carbocycles. The van der Waals surface area contributed by atoms with Gasteiger partial charge < -0.3 is 25.7 Å². The van der Waals surface area contributed by atoms with E-state index in [4.69, 9.17) is 11.6 Å². The molecule has 1 unspecified atom stereocenters. The van der Waals surface area contributed by atoms with Gasteiger partial charge in [-0.3, -0.25) is 9.59 Å². The number of hydrogen-bond acceptors (Lipinski definition) is 7. The van der Waals surface area contributed by atoms with Crippen molar-refractivity contribution < 1.29 is 24.2 Å². The number of aromatic nitrogens is 2. The Morgan fingerprint density at radius 1 is 1.25 bits per heavy atom. The minimum Gasteiger partial charge on any atom is -0.394 e. The Balaban J connectivity index is 1.31. The molecule has 40 heavy (non-hydrogen) atoms. The topological polar surface area (TPSA) is 128 Å². The molecule has 4 N–H and O–H groups in total. The molecule has 1 aliphatic heterocycles. The van der Waals surface area contributed by atoms with Crippen molar-refractivity contribution in [3.63, 3.8) is 0 Å². The fourth-order valence-corrected chi connectivity index (χ4v) is 5.53. The number of rotatable bonds is 8. The monoisotopic (exact) mass is 567 g/mol. The second kappa shape index (κ2) is 11.5. The van der Waals surface area contributed by atoms with Gasteiger partial charge in [-0.15, -0.1) is 0 Å². The summed E-state index contributed by atoms with van der Waals surface area (Å²) in [4.78, 5) is 36.8. The van der Waals surface area contributed by atoms with E-state index < -0.39 is 30.4 Å². The van der Waals surface area contributed by atoms with Gasteiger partial charge in [-0.1, -0.05) is 29.8 Å². The van der Waals surface area contributed by atoms with Gasteiger partial charge in [0.15, 0.2) is 0 Å². The first kappa shape index (κ1) is 27.9. The van der Waals surface area contributed by atoms with Gasteiger partial charge in [0, 0.05) is 23.7 Å². The first-order chi connectivity index (χ1) is 19.1. The summed E-state index contributed by atoms with van der Waals surface area (Å²) < 4.78 is 13.9. The van der Waals surface area contributed by atoms with E-state index in [-0.39, 0.29) is 24.6 Å². The SMILES string of the molecule is Cc1cc(F)cc([C@@H](CO)NC(=O)[C@@H](C)N2Cc3ccc(-c4nc(NC5CC[C@H](O)C5)ncc4Cl)cc3C2=O)c1. The van der Waals surface area contributed by atoms with E-state index >= 15 is 0 Å². The van der Waals surface area contributed by atoms with Crippen LogP contribution >= 0.6 is 11.6 Å². The fraction of sp³-hybridized carbons (Fsp3) is 0.379. The third-order valence-corrected chi connectivity index (χ3v) is 7.79. The lowest BCUT2D eigenvalue weighted by molar-refractivity contribution is -0.126. The van der Waals surface area contributed by atoms with Crippen LogP contribution in [0.1, 0.15) is 59.3 Å². The van der Waals surface area contributed by atoms with Gasteiger partial charge in [0.05, 0.1) is 35.7 Å². The lowest BCUT2D eigenvalue weighted by Crippen LogP contribution is -2.46. The van der Waals surface area contributed by atoms with Gasteiger partial charge >= 0.3 is 0 Å². The first-order valence-corrected chi connectivity index (χ1v) is 13.6. The van der Waals surface area contributed by atoms with Gasteiger partial charge in [0.2, 0.25) is 11.9 Å². The number of amides is 2. The van der Waals surface area contributed by atoms with Crippen molar-refractivity contribution in [3.8, 4) is 11.3 Å².